The van der Waals surface area contributed by atoms with Crippen molar-refractivity contribution < 1.29 is 24.5 Å². The molecule has 86 valence electrons. The van der Waals surface area contributed by atoms with Crippen molar-refractivity contribution in [1.82, 2.24) is 0 Å². The van der Waals surface area contributed by atoms with E-state index < -0.39 is 17.9 Å². The molecule has 0 bridgehead atoms. The molecule has 5 heteroatoms. The second-order valence-electron chi connectivity index (χ2n) is 3.49. The lowest BCUT2D eigenvalue weighted by molar-refractivity contribution is -0.148. The van der Waals surface area contributed by atoms with Gasteiger partial charge in [-0.1, -0.05) is 0 Å². The van der Waals surface area contributed by atoms with Gasteiger partial charge in [0.25, 0.3) is 0 Å². The summed E-state index contributed by atoms with van der Waals surface area (Å²) in [5, 5.41) is 17.2. The smallest absolute Gasteiger partial charge is 0.307 e. The molecule has 1 atom stereocenters. The van der Waals surface area contributed by atoms with E-state index in [-0.39, 0.29) is 19.4 Å². The quantitative estimate of drug-likeness (QED) is 0.497. The number of carbonyl (C=O) groups is 2. The first-order valence-corrected chi connectivity index (χ1v) is 4.63. The Morgan fingerprint density at radius 2 is 1.93 bits per heavy atom. The van der Waals surface area contributed by atoms with Gasteiger partial charge in [-0.05, 0) is 25.8 Å². The lowest BCUT2D eigenvalue weighted by Crippen LogP contribution is -2.19. The van der Waals surface area contributed by atoms with Crippen LogP contribution in [-0.4, -0.2) is 28.8 Å². The fraction of sp³-hybridized carbons (Fsp3) is 0.600. The molecule has 0 aromatic rings. The van der Waals surface area contributed by atoms with Gasteiger partial charge in [-0.3, -0.25) is 9.59 Å². The van der Waals surface area contributed by atoms with Gasteiger partial charge in [-0.25, -0.2) is 0 Å². The van der Waals surface area contributed by atoms with Crippen LogP contribution in [0.3, 0.4) is 0 Å². The van der Waals surface area contributed by atoms with E-state index in [0.717, 1.165) is 5.57 Å². The number of ether oxygens (including phenoxy) is 1. The van der Waals surface area contributed by atoms with Gasteiger partial charge < -0.3 is 14.9 Å². The van der Waals surface area contributed by atoms with Crippen molar-refractivity contribution in [3.05, 3.63) is 11.8 Å². The Hall–Kier alpha value is -1.52. The summed E-state index contributed by atoms with van der Waals surface area (Å²) in [7, 11) is 0. The molecule has 2 N–H and O–H groups in total. The minimum absolute atomic E-state index is 0.200. The molecule has 0 saturated carbocycles. The number of rotatable bonds is 7. The van der Waals surface area contributed by atoms with Crippen LogP contribution in [0.1, 0.15) is 26.7 Å². The highest BCUT2D eigenvalue weighted by atomic mass is 16.5. The van der Waals surface area contributed by atoms with Crippen LogP contribution in [0.5, 0.6) is 0 Å². The minimum atomic E-state index is -1.11. The molecular formula is C10H16O5. The maximum Gasteiger partial charge on any atom is 0.307 e. The van der Waals surface area contributed by atoms with Crippen LogP contribution < -0.4 is 0 Å². The third-order valence-corrected chi connectivity index (χ3v) is 1.67. The first-order chi connectivity index (χ1) is 6.93. The Balaban J connectivity index is 3.92. The Morgan fingerprint density at radius 3 is 2.33 bits per heavy atom. The molecule has 0 spiro atoms. The Kier molecular flexibility index (Phi) is 6.17. The van der Waals surface area contributed by atoms with Gasteiger partial charge in [0.1, 0.15) is 0 Å². The predicted octanol–water partition coefficient (Wildman–Crippen LogP) is 1.49. The fourth-order valence-electron chi connectivity index (χ4n) is 0.960. The summed E-state index contributed by atoms with van der Waals surface area (Å²) in [6.07, 6.45) is 1.36. The second-order valence-corrected chi connectivity index (χ2v) is 3.49. The maximum absolute atomic E-state index is 10.6. The van der Waals surface area contributed by atoms with Gasteiger partial charge in [0.05, 0.1) is 25.2 Å². The number of aliphatic carboxylic acids is 2. The van der Waals surface area contributed by atoms with E-state index in [0.29, 0.717) is 0 Å². The first-order valence-electron chi connectivity index (χ1n) is 4.63. The molecule has 0 aromatic carbocycles. The van der Waals surface area contributed by atoms with Gasteiger partial charge in [0.2, 0.25) is 0 Å². The standard InChI is InChI=1S/C10H16O5/c1-7(2)6-15-4-3-8(10(13)14)5-9(11)12/h6,8H,3-5H2,1-2H3,(H,11,12)(H,13,14). The molecule has 0 aromatic heterocycles. The summed E-state index contributed by atoms with van der Waals surface area (Å²) in [5.74, 6) is -3.09. The van der Waals surface area contributed by atoms with Crippen molar-refractivity contribution in [3.63, 3.8) is 0 Å². The monoisotopic (exact) mass is 216 g/mol. The van der Waals surface area contributed by atoms with Gasteiger partial charge in [0, 0.05) is 0 Å². The summed E-state index contributed by atoms with van der Waals surface area (Å²) >= 11 is 0. The fourth-order valence-corrected chi connectivity index (χ4v) is 0.960. The molecule has 1 unspecified atom stereocenters. The molecule has 0 amide bonds. The Morgan fingerprint density at radius 1 is 1.33 bits per heavy atom. The topological polar surface area (TPSA) is 83.8 Å². The number of allylic oxidation sites excluding steroid dienone is 1. The molecule has 0 rings (SSSR count). The number of carboxylic acids is 2. The molecule has 0 aliphatic carbocycles. The van der Waals surface area contributed by atoms with Crippen LogP contribution in [-0.2, 0) is 14.3 Å². The largest absolute Gasteiger partial charge is 0.501 e. The zero-order chi connectivity index (χ0) is 11.8. The van der Waals surface area contributed by atoms with Crippen LogP contribution in [0.25, 0.3) is 0 Å². The lowest BCUT2D eigenvalue weighted by atomic mass is 10.0. The maximum atomic E-state index is 10.6. The molecule has 0 heterocycles. The number of carboxylic acid groups (broad SMARTS) is 2. The van der Waals surface area contributed by atoms with Crippen molar-refractivity contribution >= 4 is 11.9 Å². The van der Waals surface area contributed by atoms with Crippen molar-refractivity contribution in [2.75, 3.05) is 6.61 Å². The molecular weight excluding hydrogens is 200 g/mol. The number of hydrogen-bond donors (Lipinski definition) is 2. The van der Waals surface area contributed by atoms with Gasteiger partial charge in [0.15, 0.2) is 0 Å². The van der Waals surface area contributed by atoms with Crippen LogP contribution in [0.15, 0.2) is 11.8 Å². The highest BCUT2D eigenvalue weighted by Gasteiger charge is 2.20. The molecule has 15 heavy (non-hydrogen) atoms. The molecule has 0 aliphatic heterocycles. The molecule has 0 fully saturated rings. The normalized spacial score (nSPS) is 11.6. The van der Waals surface area contributed by atoms with Crippen LogP contribution in [0.2, 0.25) is 0 Å². The van der Waals surface area contributed by atoms with E-state index >= 15 is 0 Å². The van der Waals surface area contributed by atoms with Crippen molar-refractivity contribution in [3.8, 4) is 0 Å². The SMILES string of the molecule is CC(C)=COCCC(CC(=O)O)C(=O)O. The molecule has 0 saturated heterocycles. The summed E-state index contributed by atoms with van der Waals surface area (Å²) in [6, 6.07) is 0. The van der Waals surface area contributed by atoms with Gasteiger partial charge in [-0.2, -0.15) is 0 Å². The third-order valence-electron chi connectivity index (χ3n) is 1.67. The van der Waals surface area contributed by atoms with Crippen LogP contribution >= 0.6 is 0 Å². The predicted molar refractivity (Wildman–Crippen MR) is 53.4 cm³/mol. The van der Waals surface area contributed by atoms with Crippen molar-refractivity contribution in [1.29, 1.82) is 0 Å². The summed E-state index contributed by atoms with van der Waals surface area (Å²) < 4.78 is 5.04. The van der Waals surface area contributed by atoms with Gasteiger partial charge >= 0.3 is 11.9 Å². The van der Waals surface area contributed by atoms with E-state index in [1.807, 2.05) is 13.8 Å². The average molecular weight is 216 g/mol. The minimum Gasteiger partial charge on any atom is -0.501 e. The first kappa shape index (κ1) is 13.5. The van der Waals surface area contributed by atoms with E-state index in [4.69, 9.17) is 14.9 Å². The second kappa shape index (κ2) is 6.86. The van der Waals surface area contributed by atoms with E-state index in [2.05, 4.69) is 0 Å². The van der Waals surface area contributed by atoms with Crippen molar-refractivity contribution in [2.45, 2.75) is 26.7 Å². The highest BCUT2D eigenvalue weighted by Crippen LogP contribution is 2.09. The van der Waals surface area contributed by atoms with E-state index in [1.54, 1.807) is 0 Å². The highest BCUT2D eigenvalue weighted by molar-refractivity contribution is 5.77. The third kappa shape index (κ3) is 7.54. The Labute approximate surface area is 88.4 Å². The summed E-state index contributed by atoms with van der Waals surface area (Å²) in [4.78, 5) is 21.0. The zero-order valence-corrected chi connectivity index (χ0v) is 8.90. The lowest BCUT2D eigenvalue weighted by Gasteiger charge is -2.09. The average Bonchev–Trinajstić information content (AvgIpc) is 2.08. The molecule has 5 nitrogen and oxygen atoms in total. The molecule has 0 radical (unpaired) electrons. The van der Waals surface area contributed by atoms with Crippen LogP contribution in [0, 0.1) is 5.92 Å². The van der Waals surface area contributed by atoms with Gasteiger partial charge in [-0.15, -0.1) is 0 Å². The Bertz CT molecular complexity index is 253. The van der Waals surface area contributed by atoms with E-state index in [1.165, 1.54) is 6.26 Å². The summed E-state index contributed by atoms with van der Waals surface area (Å²) in [6.45, 7) is 3.92. The molecule has 0 aliphatic rings. The van der Waals surface area contributed by atoms with Crippen molar-refractivity contribution in [2.24, 2.45) is 5.92 Å². The number of hydrogen-bond acceptors (Lipinski definition) is 3. The van der Waals surface area contributed by atoms with E-state index in [9.17, 15) is 9.59 Å². The van der Waals surface area contributed by atoms with Crippen LogP contribution in [0.4, 0.5) is 0 Å². The summed E-state index contributed by atoms with van der Waals surface area (Å²) in [5.41, 5.74) is 0.972. The zero-order valence-electron chi connectivity index (χ0n) is 8.90.